The average Bonchev–Trinajstić information content (AvgIpc) is 2.70. The molecule has 0 aromatic heterocycles. The first-order valence-electron chi connectivity index (χ1n) is 9.30. The molecule has 2 aromatic rings. The summed E-state index contributed by atoms with van der Waals surface area (Å²) < 4.78 is 4.81. The van der Waals surface area contributed by atoms with E-state index in [1.165, 1.54) is 18.2 Å². The van der Waals surface area contributed by atoms with Crippen LogP contribution in [-0.4, -0.2) is 43.0 Å². The van der Waals surface area contributed by atoms with Gasteiger partial charge in [0.25, 0.3) is 5.91 Å². The second-order valence-electron chi connectivity index (χ2n) is 7.07. The number of rotatable bonds is 4. The number of nitrogens with zero attached hydrogens (tertiary/aromatic N) is 1. The number of nitrogens with one attached hydrogen (secondary N) is 1. The molecule has 1 amide bonds. The third kappa shape index (κ3) is 4.30. The summed E-state index contributed by atoms with van der Waals surface area (Å²) >= 11 is 0. The van der Waals surface area contributed by atoms with E-state index >= 15 is 0 Å². The number of amides is 1. The van der Waals surface area contributed by atoms with E-state index < -0.39 is 5.97 Å². The number of likely N-dealkylation sites (tertiary alicyclic amines) is 1. The van der Waals surface area contributed by atoms with Crippen LogP contribution in [0.2, 0.25) is 0 Å². The number of methoxy groups -OCH3 is 1. The van der Waals surface area contributed by atoms with E-state index in [1.807, 2.05) is 4.90 Å². The maximum Gasteiger partial charge on any atom is 0.338 e. The van der Waals surface area contributed by atoms with Crippen molar-refractivity contribution in [1.29, 1.82) is 0 Å². The number of carbonyl (C=O) groups is 2. The molecule has 0 bridgehead atoms. The van der Waals surface area contributed by atoms with Crippen LogP contribution in [0.1, 0.15) is 44.7 Å². The summed E-state index contributed by atoms with van der Waals surface area (Å²) in [6.45, 7) is 5.50. The minimum absolute atomic E-state index is 0.123. The second-order valence-corrected chi connectivity index (χ2v) is 7.07. The highest BCUT2D eigenvalue weighted by atomic mass is 16.5. The van der Waals surface area contributed by atoms with Gasteiger partial charge in [0, 0.05) is 24.8 Å². The Bertz CT molecular complexity index is 847. The van der Waals surface area contributed by atoms with E-state index in [1.54, 1.807) is 24.3 Å². The number of benzene rings is 2. The van der Waals surface area contributed by atoms with Gasteiger partial charge in [-0.3, -0.25) is 4.79 Å². The van der Waals surface area contributed by atoms with Gasteiger partial charge >= 0.3 is 5.97 Å². The largest absolute Gasteiger partial charge is 0.465 e. The minimum Gasteiger partial charge on any atom is -0.465 e. The molecule has 0 saturated carbocycles. The van der Waals surface area contributed by atoms with E-state index in [2.05, 4.69) is 37.4 Å². The lowest BCUT2D eigenvalue weighted by Crippen LogP contribution is -2.45. The van der Waals surface area contributed by atoms with Crippen LogP contribution in [0.3, 0.4) is 0 Å². The van der Waals surface area contributed by atoms with Gasteiger partial charge in [-0.2, -0.15) is 0 Å². The van der Waals surface area contributed by atoms with Crippen molar-refractivity contribution in [2.24, 2.45) is 0 Å². The van der Waals surface area contributed by atoms with Crippen LogP contribution < -0.4 is 5.32 Å². The number of ether oxygens (including phenoxy) is 1. The minimum atomic E-state index is -0.485. The Hall–Kier alpha value is -2.82. The number of hydrogen-bond donors (Lipinski definition) is 1. The summed E-state index contributed by atoms with van der Waals surface area (Å²) in [5.74, 6) is -0.608. The monoisotopic (exact) mass is 366 g/mol. The fraction of sp³-hybridized carbons (Fsp3) is 0.364. The van der Waals surface area contributed by atoms with Crippen LogP contribution in [0.15, 0.2) is 42.5 Å². The molecular formula is C22H26N2O3. The first kappa shape index (κ1) is 19.0. The maximum absolute atomic E-state index is 13.0. The SMILES string of the molecule is COC(=O)c1ccccc1C(=O)N1CCCC(Nc2ccc(C)c(C)c2)C1. The summed E-state index contributed by atoms with van der Waals surface area (Å²) in [5, 5.41) is 3.55. The molecule has 1 fully saturated rings. The van der Waals surface area contributed by atoms with Gasteiger partial charge in [0.1, 0.15) is 0 Å². The van der Waals surface area contributed by atoms with Crippen molar-refractivity contribution in [3.05, 3.63) is 64.7 Å². The molecule has 0 aliphatic carbocycles. The zero-order valence-corrected chi connectivity index (χ0v) is 16.1. The molecule has 142 valence electrons. The molecule has 1 unspecified atom stereocenters. The summed E-state index contributed by atoms with van der Waals surface area (Å²) in [5.41, 5.74) is 4.30. The first-order chi connectivity index (χ1) is 13.0. The highest BCUT2D eigenvalue weighted by Crippen LogP contribution is 2.21. The Balaban J connectivity index is 1.73. The predicted molar refractivity (Wildman–Crippen MR) is 106 cm³/mol. The molecule has 1 aliphatic heterocycles. The Labute approximate surface area is 160 Å². The van der Waals surface area contributed by atoms with Crippen molar-refractivity contribution in [3.63, 3.8) is 0 Å². The lowest BCUT2D eigenvalue weighted by molar-refractivity contribution is 0.0587. The molecule has 2 aromatic carbocycles. The highest BCUT2D eigenvalue weighted by Gasteiger charge is 2.27. The van der Waals surface area contributed by atoms with Gasteiger partial charge in [-0.05, 0) is 62.1 Å². The number of aryl methyl sites for hydroxylation is 2. The van der Waals surface area contributed by atoms with Gasteiger partial charge in [-0.15, -0.1) is 0 Å². The van der Waals surface area contributed by atoms with Crippen molar-refractivity contribution in [1.82, 2.24) is 4.90 Å². The van der Waals surface area contributed by atoms with Crippen LogP contribution >= 0.6 is 0 Å². The van der Waals surface area contributed by atoms with E-state index in [-0.39, 0.29) is 11.9 Å². The standard InChI is InChI=1S/C22H26N2O3/c1-15-10-11-17(13-16(15)2)23-18-7-6-12-24(14-18)21(25)19-8-4-5-9-20(19)22(26)27-3/h4-5,8-11,13,18,23H,6-7,12,14H2,1-3H3. The molecule has 5 nitrogen and oxygen atoms in total. The van der Waals surface area contributed by atoms with E-state index in [0.717, 1.165) is 18.5 Å². The second kappa shape index (κ2) is 8.25. The van der Waals surface area contributed by atoms with Crippen LogP contribution in [0, 0.1) is 13.8 Å². The average molecular weight is 366 g/mol. The normalized spacial score (nSPS) is 16.7. The molecule has 1 heterocycles. The van der Waals surface area contributed by atoms with Crippen LogP contribution in [-0.2, 0) is 4.74 Å². The molecule has 1 atom stereocenters. The van der Waals surface area contributed by atoms with Gasteiger partial charge < -0.3 is 15.0 Å². The molecule has 1 saturated heterocycles. The van der Waals surface area contributed by atoms with Gasteiger partial charge in [-0.25, -0.2) is 4.79 Å². The zero-order valence-electron chi connectivity index (χ0n) is 16.1. The fourth-order valence-electron chi connectivity index (χ4n) is 3.47. The van der Waals surface area contributed by atoms with Crippen LogP contribution in [0.25, 0.3) is 0 Å². The fourth-order valence-corrected chi connectivity index (χ4v) is 3.47. The summed E-state index contributed by atoms with van der Waals surface area (Å²) in [4.78, 5) is 26.8. The van der Waals surface area contributed by atoms with Crippen molar-refractivity contribution < 1.29 is 14.3 Å². The number of esters is 1. The summed E-state index contributed by atoms with van der Waals surface area (Å²) in [6, 6.07) is 13.4. The molecule has 0 spiro atoms. The molecule has 27 heavy (non-hydrogen) atoms. The Morgan fingerprint density at radius 2 is 1.81 bits per heavy atom. The van der Waals surface area contributed by atoms with Gasteiger partial charge in [0.2, 0.25) is 0 Å². The topological polar surface area (TPSA) is 58.6 Å². The van der Waals surface area contributed by atoms with E-state index in [0.29, 0.717) is 24.2 Å². The van der Waals surface area contributed by atoms with Crippen molar-refractivity contribution in [3.8, 4) is 0 Å². The van der Waals surface area contributed by atoms with Crippen molar-refractivity contribution >= 4 is 17.6 Å². The Morgan fingerprint density at radius 3 is 2.52 bits per heavy atom. The summed E-state index contributed by atoms with van der Waals surface area (Å²) in [7, 11) is 1.33. The molecule has 1 aliphatic rings. The smallest absolute Gasteiger partial charge is 0.338 e. The Morgan fingerprint density at radius 1 is 1.07 bits per heavy atom. The third-order valence-electron chi connectivity index (χ3n) is 5.15. The maximum atomic E-state index is 13.0. The first-order valence-corrected chi connectivity index (χ1v) is 9.30. The number of carbonyl (C=O) groups excluding carboxylic acids is 2. The lowest BCUT2D eigenvalue weighted by Gasteiger charge is -2.34. The predicted octanol–water partition coefficient (Wildman–Crippen LogP) is 3.81. The number of anilines is 1. The number of hydrogen-bond acceptors (Lipinski definition) is 4. The summed E-state index contributed by atoms with van der Waals surface area (Å²) in [6.07, 6.45) is 1.93. The lowest BCUT2D eigenvalue weighted by atomic mass is 10.0. The molecule has 1 N–H and O–H groups in total. The number of piperidine rings is 1. The third-order valence-corrected chi connectivity index (χ3v) is 5.15. The van der Waals surface area contributed by atoms with E-state index in [9.17, 15) is 9.59 Å². The quantitative estimate of drug-likeness (QED) is 0.836. The zero-order chi connectivity index (χ0) is 19.4. The highest BCUT2D eigenvalue weighted by molar-refractivity contribution is 6.05. The van der Waals surface area contributed by atoms with Gasteiger partial charge in [0.15, 0.2) is 0 Å². The van der Waals surface area contributed by atoms with Gasteiger partial charge in [-0.1, -0.05) is 18.2 Å². The molecular weight excluding hydrogens is 340 g/mol. The molecule has 3 rings (SSSR count). The van der Waals surface area contributed by atoms with Crippen LogP contribution in [0.4, 0.5) is 5.69 Å². The Kier molecular flexibility index (Phi) is 5.79. The molecule has 0 radical (unpaired) electrons. The van der Waals surface area contributed by atoms with Crippen LogP contribution in [0.5, 0.6) is 0 Å². The van der Waals surface area contributed by atoms with E-state index in [4.69, 9.17) is 4.74 Å². The van der Waals surface area contributed by atoms with Gasteiger partial charge in [0.05, 0.1) is 18.2 Å². The molecule has 5 heteroatoms. The van der Waals surface area contributed by atoms with Crippen molar-refractivity contribution in [2.45, 2.75) is 32.7 Å². The van der Waals surface area contributed by atoms with Crippen molar-refractivity contribution in [2.75, 3.05) is 25.5 Å².